The van der Waals surface area contributed by atoms with Crippen molar-refractivity contribution in [2.45, 2.75) is 104 Å². The molecule has 1 N–H and O–H groups in total. The van der Waals surface area contributed by atoms with Crippen LogP contribution in [-0.4, -0.2) is 34.7 Å². The van der Waals surface area contributed by atoms with Gasteiger partial charge in [-0.2, -0.15) is 0 Å². The maximum absolute atomic E-state index is 11.5. The van der Waals surface area contributed by atoms with Crippen LogP contribution in [0, 0.1) is 5.92 Å². The van der Waals surface area contributed by atoms with Gasteiger partial charge in [-0.15, -0.1) is 0 Å². The van der Waals surface area contributed by atoms with Crippen molar-refractivity contribution < 1.29 is 5.11 Å². The monoisotopic (exact) mass is 297 g/mol. The molecule has 1 heterocycles. The lowest BCUT2D eigenvalue weighted by molar-refractivity contribution is -0.0743. The van der Waals surface area contributed by atoms with Crippen LogP contribution in [0.15, 0.2) is 0 Å². The summed E-state index contributed by atoms with van der Waals surface area (Å²) in [5.74, 6) is 0.659. The number of piperidine rings is 1. The summed E-state index contributed by atoms with van der Waals surface area (Å²) >= 11 is 0. The molecule has 1 aliphatic rings. The van der Waals surface area contributed by atoms with Crippen LogP contribution in [0.4, 0.5) is 0 Å². The van der Waals surface area contributed by atoms with Gasteiger partial charge in [0.15, 0.2) is 0 Å². The van der Waals surface area contributed by atoms with Gasteiger partial charge in [0, 0.05) is 6.04 Å². The van der Waals surface area contributed by atoms with Crippen molar-refractivity contribution in [2.75, 3.05) is 13.1 Å². The van der Waals surface area contributed by atoms with Gasteiger partial charge >= 0.3 is 0 Å². The molecule has 0 saturated carbocycles. The molecule has 0 aliphatic carbocycles. The first-order chi connectivity index (χ1) is 10.0. The normalized spacial score (nSPS) is 19.1. The molecule has 0 spiro atoms. The number of rotatable bonds is 10. The Kier molecular flexibility index (Phi) is 8.89. The number of aliphatic hydroxyl groups is 1. The van der Waals surface area contributed by atoms with Crippen LogP contribution in [0.1, 0.15) is 91.9 Å². The Balaban J connectivity index is 2.85. The highest BCUT2D eigenvalue weighted by Crippen LogP contribution is 2.33. The van der Waals surface area contributed by atoms with Gasteiger partial charge in [0.05, 0.1) is 5.60 Å². The van der Waals surface area contributed by atoms with Gasteiger partial charge in [0.1, 0.15) is 0 Å². The van der Waals surface area contributed by atoms with Crippen LogP contribution >= 0.6 is 0 Å². The first-order valence-electron chi connectivity index (χ1n) is 9.50. The fourth-order valence-electron chi connectivity index (χ4n) is 3.81. The lowest BCUT2D eigenvalue weighted by Crippen LogP contribution is -2.54. The number of hydrogen-bond acceptors (Lipinski definition) is 2. The van der Waals surface area contributed by atoms with Gasteiger partial charge in [-0.05, 0) is 51.1 Å². The van der Waals surface area contributed by atoms with Crippen LogP contribution in [0.2, 0.25) is 0 Å². The minimum Gasteiger partial charge on any atom is -0.388 e. The minimum atomic E-state index is -0.465. The van der Waals surface area contributed by atoms with Crippen molar-refractivity contribution in [3.8, 4) is 0 Å². The molecule has 0 bridgehead atoms. The van der Waals surface area contributed by atoms with E-state index in [0.29, 0.717) is 12.0 Å². The van der Waals surface area contributed by atoms with Crippen LogP contribution in [0.5, 0.6) is 0 Å². The molecular formula is C19H39NO. The fourth-order valence-corrected chi connectivity index (χ4v) is 3.81. The minimum absolute atomic E-state index is 0.371. The molecule has 1 rings (SSSR count). The molecule has 0 radical (unpaired) electrons. The summed E-state index contributed by atoms with van der Waals surface area (Å²) < 4.78 is 0. The lowest BCUT2D eigenvalue weighted by atomic mass is 9.79. The van der Waals surface area contributed by atoms with E-state index in [-0.39, 0.29) is 0 Å². The zero-order valence-corrected chi connectivity index (χ0v) is 15.0. The molecule has 0 aromatic heterocycles. The molecular weight excluding hydrogens is 258 g/mol. The van der Waals surface area contributed by atoms with E-state index < -0.39 is 5.60 Å². The Morgan fingerprint density at radius 3 is 1.90 bits per heavy atom. The Bertz CT molecular complexity index is 250. The van der Waals surface area contributed by atoms with Crippen LogP contribution in [0.25, 0.3) is 0 Å². The smallest absolute Gasteiger partial charge is 0.0802 e. The molecule has 0 unspecified atom stereocenters. The number of likely N-dealkylation sites (tertiary alicyclic amines) is 1. The molecule has 2 heteroatoms. The maximum atomic E-state index is 11.5. The molecule has 1 atom stereocenters. The first-order valence-corrected chi connectivity index (χ1v) is 9.50. The number of hydrogen-bond donors (Lipinski definition) is 1. The Labute approximate surface area is 133 Å². The summed E-state index contributed by atoms with van der Waals surface area (Å²) in [4.78, 5) is 2.62. The summed E-state index contributed by atoms with van der Waals surface area (Å²) in [6.45, 7) is 11.5. The van der Waals surface area contributed by atoms with Gasteiger partial charge in [0.25, 0.3) is 0 Å². The zero-order valence-electron chi connectivity index (χ0n) is 15.0. The van der Waals surface area contributed by atoms with E-state index in [9.17, 15) is 5.11 Å². The standard InChI is InChI=1S/C19H39NO/c1-5-7-12-19(21,13-8-6-2)18(16-17(3)4)20-14-10-9-11-15-20/h17-18,21H,5-16H2,1-4H3/t18-/m0/s1. The average molecular weight is 298 g/mol. The second-order valence-electron chi connectivity index (χ2n) is 7.55. The lowest BCUT2D eigenvalue weighted by Gasteiger charge is -2.46. The molecule has 1 fully saturated rings. The SMILES string of the molecule is CCCCC(O)(CCCC)[C@H](CC(C)C)N1CCCCC1. The second kappa shape index (κ2) is 9.84. The molecule has 0 amide bonds. The van der Waals surface area contributed by atoms with Crippen molar-refractivity contribution in [1.82, 2.24) is 4.90 Å². The third kappa shape index (κ3) is 6.28. The van der Waals surface area contributed by atoms with Gasteiger partial charge in [-0.25, -0.2) is 0 Å². The van der Waals surface area contributed by atoms with Crippen molar-refractivity contribution in [1.29, 1.82) is 0 Å². The predicted octanol–water partition coefficient (Wildman–Crippen LogP) is 5.00. The highest BCUT2D eigenvalue weighted by Gasteiger charge is 2.39. The van der Waals surface area contributed by atoms with E-state index in [2.05, 4.69) is 32.6 Å². The summed E-state index contributed by atoms with van der Waals surface area (Å²) in [5.41, 5.74) is -0.465. The molecule has 126 valence electrons. The van der Waals surface area contributed by atoms with Crippen molar-refractivity contribution in [3.05, 3.63) is 0 Å². The van der Waals surface area contributed by atoms with E-state index in [0.717, 1.165) is 32.1 Å². The van der Waals surface area contributed by atoms with Crippen LogP contribution < -0.4 is 0 Å². The zero-order chi connectivity index (χ0) is 15.7. The van der Waals surface area contributed by atoms with E-state index in [4.69, 9.17) is 0 Å². The molecule has 1 aliphatic heterocycles. The quantitative estimate of drug-likeness (QED) is 0.613. The second-order valence-corrected chi connectivity index (χ2v) is 7.55. The van der Waals surface area contributed by atoms with Crippen LogP contribution in [-0.2, 0) is 0 Å². The highest BCUT2D eigenvalue weighted by atomic mass is 16.3. The predicted molar refractivity (Wildman–Crippen MR) is 92.7 cm³/mol. The van der Waals surface area contributed by atoms with Gasteiger partial charge in [-0.1, -0.05) is 59.8 Å². The van der Waals surface area contributed by atoms with E-state index in [1.54, 1.807) is 0 Å². The molecule has 2 nitrogen and oxygen atoms in total. The summed E-state index contributed by atoms with van der Waals surface area (Å²) in [7, 11) is 0. The van der Waals surface area contributed by atoms with E-state index >= 15 is 0 Å². The van der Waals surface area contributed by atoms with Crippen LogP contribution in [0.3, 0.4) is 0 Å². The molecule has 0 aromatic carbocycles. The third-order valence-electron chi connectivity index (χ3n) is 5.07. The summed E-state index contributed by atoms with van der Waals surface area (Å²) in [6.07, 6.45) is 11.8. The third-order valence-corrected chi connectivity index (χ3v) is 5.07. The Morgan fingerprint density at radius 2 is 1.48 bits per heavy atom. The highest BCUT2D eigenvalue weighted by molar-refractivity contribution is 4.94. The van der Waals surface area contributed by atoms with Crippen molar-refractivity contribution >= 4 is 0 Å². The van der Waals surface area contributed by atoms with E-state index in [1.807, 2.05) is 0 Å². The molecule has 21 heavy (non-hydrogen) atoms. The average Bonchev–Trinajstić information content (AvgIpc) is 2.49. The summed E-state index contributed by atoms with van der Waals surface area (Å²) in [6, 6.07) is 0.371. The number of unbranched alkanes of at least 4 members (excludes halogenated alkanes) is 2. The number of nitrogens with zero attached hydrogens (tertiary/aromatic N) is 1. The van der Waals surface area contributed by atoms with Gasteiger partial charge in [-0.3, -0.25) is 4.90 Å². The largest absolute Gasteiger partial charge is 0.388 e. The molecule has 0 aromatic rings. The fraction of sp³-hybridized carbons (Fsp3) is 1.00. The van der Waals surface area contributed by atoms with Gasteiger partial charge < -0.3 is 5.11 Å². The van der Waals surface area contributed by atoms with E-state index in [1.165, 1.54) is 45.2 Å². The Hall–Kier alpha value is -0.0800. The van der Waals surface area contributed by atoms with Gasteiger partial charge in [0.2, 0.25) is 0 Å². The topological polar surface area (TPSA) is 23.5 Å². The summed E-state index contributed by atoms with van der Waals surface area (Å²) in [5, 5.41) is 11.5. The van der Waals surface area contributed by atoms with Crippen molar-refractivity contribution in [3.63, 3.8) is 0 Å². The Morgan fingerprint density at radius 1 is 0.952 bits per heavy atom. The van der Waals surface area contributed by atoms with Crippen molar-refractivity contribution in [2.24, 2.45) is 5.92 Å². The maximum Gasteiger partial charge on any atom is 0.0802 e. The molecule has 1 saturated heterocycles. The first kappa shape index (κ1) is 19.0.